The van der Waals surface area contributed by atoms with Crippen molar-refractivity contribution in [2.75, 3.05) is 11.5 Å². The van der Waals surface area contributed by atoms with Gasteiger partial charge in [-0.1, -0.05) is 68.3 Å². The molecule has 178 valence electrons. The summed E-state index contributed by atoms with van der Waals surface area (Å²) in [6, 6.07) is 19.2. The summed E-state index contributed by atoms with van der Waals surface area (Å²) in [5, 5.41) is 1.96. The van der Waals surface area contributed by atoms with Gasteiger partial charge in [-0.2, -0.15) is 0 Å². The highest BCUT2D eigenvalue weighted by atomic mass is 79.9. The van der Waals surface area contributed by atoms with Crippen molar-refractivity contribution in [3.05, 3.63) is 77.9 Å². The molecule has 0 bridgehead atoms. The van der Waals surface area contributed by atoms with Crippen molar-refractivity contribution >= 4 is 71.9 Å². The van der Waals surface area contributed by atoms with E-state index in [0.717, 1.165) is 10.8 Å². The molecular weight excluding hydrogens is 578 g/mol. The maximum Gasteiger partial charge on any atom is 0.338 e. The van der Waals surface area contributed by atoms with Gasteiger partial charge in [0.05, 0.1) is 23.1 Å². The van der Waals surface area contributed by atoms with E-state index < -0.39 is 5.97 Å². The summed E-state index contributed by atoms with van der Waals surface area (Å²) in [5.74, 6) is -2.05. The summed E-state index contributed by atoms with van der Waals surface area (Å²) in [6.45, 7) is -0.382. The maximum absolute atomic E-state index is 13.0. The molecule has 3 aromatic rings. The van der Waals surface area contributed by atoms with Crippen LogP contribution in [0.25, 0.3) is 10.8 Å². The van der Waals surface area contributed by atoms with Crippen LogP contribution in [0.15, 0.2) is 66.7 Å². The highest BCUT2D eigenvalue weighted by Gasteiger charge is 2.52. The lowest BCUT2D eigenvalue weighted by atomic mass is 9.81. The van der Waals surface area contributed by atoms with Crippen LogP contribution in [-0.2, 0) is 14.3 Å². The molecule has 0 spiro atoms. The fourth-order valence-electron chi connectivity index (χ4n) is 4.76. The molecule has 0 radical (unpaired) electrons. The van der Waals surface area contributed by atoms with E-state index in [2.05, 4.69) is 31.9 Å². The van der Waals surface area contributed by atoms with Gasteiger partial charge in [0.1, 0.15) is 0 Å². The molecule has 2 amide bonds. The van der Waals surface area contributed by atoms with Gasteiger partial charge in [0.25, 0.3) is 0 Å². The van der Waals surface area contributed by atoms with Gasteiger partial charge >= 0.3 is 5.97 Å². The van der Waals surface area contributed by atoms with Gasteiger partial charge in [0, 0.05) is 15.2 Å². The minimum atomic E-state index is -0.650. The molecule has 1 aliphatic heterocycles. The number of hydrogen-bond acceptors (Lipinski definition) is 5. The van der Waals surface area contributed by atoms with E-state index in [1.165, 1.54) is 17.0 Å². The quantitative estimate of drug-likeness (QED) is 0.172. The van der Waals surface area contributed by atoms with Crippen LogP contribution in [0.1, 0.15) is 33.6 Å². The molecule has 1 heterocycles. The number of carbonyl (C=O) groups excluding carboxylic acids is 4. The number of anilines is 1. The Morgan fingerprint density at radius 1 is 0.800 bits per heavy atom. The van der Waals surface area contributed by atoms with E-state index in [-0.39, 0.29) is 51.3 Å². The number of hydrogen-bond donors (Lipinski definition) is 0. The number of imide groups is 1. The molecule has 5 rings (SSSR count). The predicted molar refractivity (Wildman–Crippen MR) is 139 cm³/mol. The lowest BCUT2D eigenvalue weighted by Gasteiger charge is -2.29. The van der Waals surface area contributed by atoms with Gasteiger partial charge in [0.2, 0.25) is 11.8 Å². The van der Waals surface area contributed by atoms with Gasteiger partial charge in [-0.15, -0.1) is 0 Å². The highest BCUT2D eigenvalue weighted by Crippen LogP contribution is 2.44. The number of benzene rings is 3. The number of ketones is 1. The largest absolute Gasteiger partial charge is 0.454 e. The zero-order valence-electron chi connectivity index (χ0n) is 18.5. The minimum absolute atomic E-state index is 0.134. The highest BCUT2D eigenvalue weighted by molar-refractivity contribution is 9.12. The second-order valence-corrected chi connectivity index (χ2v) is 11.2. The Morgan fingerprint density at radius 3 is 2.00 bits per heavy atom. The van der Waals surface area contributed by atoms with E-state index in [1.807, 2.05) is 30.3 Å². The van der Waals surface area contributed by atoms with Crippen molar-refractivity contribution in [3.63, 3.8) is 0 Å². The smallest absolute Gasteiger partial charge is 0.338 e. The molecule has 35 heavy (non-hydrogen) atoms. The first kappa shape index (κ1) is 23.9. The van der Waals surface area contributed by atoms with Crippen LogP contribution in [0.3, 0.4) is 0 Å². The molecule has 1 saturated heterocycles. The SMILES string of the molecule is O=C(COC(=O)c1ccc(N2C(=O)[C@H]3C[C@H](Br)[C@@H](Br)C[C@@H]3C2=O)cc1)c1ccc2ccccc2c1. The van der Waals surface area contributed by atoms with E-state index in [0.29, 0.717) is 24.1 Å². The molecule has 6 nitrogen and oxygen atoms in total. The zero-order chi connectivity index (χ0) is 24.7. The standard InChI is InChI=1S/C27H21Br2NO5/c28-22-12-20-21(13-23(22)29)26(33)30(25(20)32)19-9-7-16(8-10-19)27(34)35-14-24(31)18-6-5-15-3-1-2-4-17(15)11-18/h1-11,20-23H,12-14H2/t20-,21-,22-,23-/m0/s1. The van der Waals surface area contributed by atoms with Crippen molar-refractivity contribution in [2.24, 2.45) is 11.8 Å². The number of carbonyl (C=O) groups is 4. The third kappa shape index (κ3) is 4.57. The Balaban J connectivity index is 1.24. The van der Waals surface area contributed by atoms with Crippen LogP contribution in [0.2, 0.25) is 0 Å². The van der Waals surface area contributed by atoms with Gasteiger partial charge in [-0.3, -0.25) is 19.3 Å². The summed E-state index contributed by atoms with van der Waals surface area (Å²) in [4.78, 5) is 52.4. The van der Waals surface area contributed by atoms with Crippen LogP contribution in [-0.4, -0.2) is 39.8 Å². The van der Waals surface area contributed by atoms with Gasteiger partial charge in [-0.05, 0) is 53.9 Å². The van der Waals surface area contributed by atoms with Crippen LogP contribution < -0.4 is 4.90 Å². The number of Topliss-reactive ketones (excluding diaryl/α,β-unsaturated/α-hetero) is 1. The van der Waals surface area contributed by atoms with Gasteiger partial charge in [0.15, 0.2) is 12.4 Å². The number of amides is 2. The number of fused-ring (bicyclic) bond motifs is 2. The molecular formula is C27H21Br2NO5. The molecule has 2 fully saturated rings. The number of alkyl halides is 2. The van der Waals surface area contributed by atoms with Crippen LogP contribution >= 0.6 is 31.9 Å². The monoisotopic (exact) mass is 597 g/mol. The Morgan fingerprint density at radius 2 is 1.37 bits per heavy atom. The molecule has 1 aliphatic carbocycles. The third-order valence-electron chi connectivity index (χ3n) is 6.68. The second kappa shape index (κ2) is 9.66. The number of ether oxygens (including phenoxy) is 1. The maximum atomic E-state index is 13.0. The zero-order valence-corrected chi connectivity index (χ0v) is 21.7. The van der Waals surface area contributed by atoms with Crippen LogP contribution in [0, 0.1) is 11.8 Å². The van der Waals surface area contributed by atoms with Crippen molar-refractivity contribution < 1.29 is 23.9 Å². The summed E-state index contributed by atoms with van der Waals surface area (Å²) in [6.07, 6.45) is 1.19. The van der Waals surface area contributed by atoms with Crippen molar-refractivity contribution in [1.82, 2.24) is 0 Å². The van der Waals surface area contributed by atoms with E-state index in [1.54, 1.807) is 24.3 Å². The first-order chi connectivity index (χ1) is 16.8. The minimum Gasteiger partial charge on any atom is -0.454 e. The summed E-state index contributed by atoms with van der Waals surface area (Å²) >= 11 is 7.17. The van der Waals surface area contributed by atoms with Crippen molar-refractivity contribution in [2.45, 2.75) is 22.5 Å². The lowest BCUT2D eigenvalue weighted by Crippen LogP contribution is -2.34. The first-order valence-electron chi connectivity index (χ1n) is 11.3. The Labute approximate surface area is 218 Å². The van der Waals surface area contributed by atoms with Crippen LogP contribution in [0.5, 0.6) is 0 Å². The van der Waals surface area contributed by atoms with Gasteiger partial charge in [-0.25, -0.2) is 4.79 Å². The summed E-state index contributed by atoms with van der Waals surface area (Å²) in [5.41, 5.74) is 1.13. The average molecular weight is 599 g/mol. The second-order valence-electron chi connectivity index (χ2n) is 8.84. The third-order valence-corrected chi connectivity index (χ3v) is 9.41. The summed E-state index contributed by atoms with van der Waals surface area (Å²) < 4.78 is 5.22. The fraction of sp³-hybridized carbons (Fsp3) is 0.259. The molecule has 2 aliphatic rings. The Hall–Kier alpha value is -2.84. The number of esters is 1. The van der Waals surface area contributed by atoms with Gasteiger partial charge < -0.3 is 4.74 Å². The number of halogens is 2. The number of rotatable bonds is 5. The Kier molecular flexibility index (Phi) is 6.59. The molecule has 0 aromatic heterocycles. The fourth-order valence-corrected chi connectivity index (χ4v) is 5.99. The predicted octanol–water partition coefficient (Wildman–Crippen LogP) is 5.31. The van der Waals surface area contributed by atoms with E-state index >= 15 is 0 Å². The molecule has 3 aromatic carbocycles. The van der Waals surface area contributed by atoms with E-state index in [9.17, 15) is 19.2 Å². The summed E-state index contributed by atoms with van der Waals surface area (Å²) in [7, 11) is 0. The lowest BCUT2D eigenvalue weighted by molar-refractivity contribution is -0.122. The normalized spacial score (nSPS) is 23.9. The molecule has 0 N–H and O–H groups in total. The molecule has 1 saturated carbocycles. The average Bonchev–Trinajstić information content (AvgIpc) is 3.11. The van der Waals surface area contributed by atoms with Crippen molar-refractivity contribution in [1.29, 1.82) is 0 Å². The Bertz CT molecular complexity index is 1310. The molecule has 4 atom stereocenters. The van der Waals surface area contributed by atoms with E-state index in [4.69, 9.17) is 4.74 Å². The van der Waals surface area contributed by atoms with Crippen molar-refractivity contribution in [3.8, 4) is 0 Å². The first-order valence-corrected chi connectivity index (χ1v) is 13.1. The number of nitrogens with zero attached hydrogens (tertiary/aromatic N) is 1. The molecule has 8 heteroatoms. The topological polar surface area (TPSA) is 80.8 Å². The van der Waals surface area contributed by atoms with Crippen LogP contribution in [0.4, 0.5) is 5.69 Å². The molecule has 0 unspecified atom stereocenters.